The predicted molar refractivity (Wildman–Crippen MR) is 69.9 cm³/mol. The van der Waals surface area contributed by atoms with Gasteiger partial charge in [-0.3, -0.25) is 0 Å². The molecule has 0 bridgehead atoms. The normalized spacial score (nSPS) is 21.5. The Morgan fingerprint density at radius 3 is 2.94 bits per heavy atom. The maximum absolute atomic E-state index is 13.7. The summed E-state index contributed by atoms with van der Waals surface area (Å²) >= 11 is 0. The second kappa shape index (κ2) is 6.14. The average molecular weight is 254 g/mol. The largest absolute Gasteiger partial charge is 0.369 e. The van der Waals surface area contributed by atoms with Gasteiger partial charge in [-0.1, -0.05) is 6.92 Å². The maximum Gasteiger partial charge on any atom is 0.146 e. The molecule has 1 saturated heterocycles. The maximum atomic E-state index is 13.7. The lowest BCUT2D eigenvalue weighted by molar-refractivity contribution is 0.437. The number of benzene rings is 1. The van der Waals surface area contributed by atoms with E-state index in [1.165, 1.54) is 18.2 Å². The second-order valence-corrected chi connectivity index (χ2v) is 4.78. The summed E-state index contributed by atoms with van der Waals surface area (Å²) in [6, 6.07) is 4.15. The van der Waals surface area contributed by atoms with Crippen LogP contribution in [0.1, 0.15) is 26.2 Å². The number of rotatable bonds is 2. The van der Waals surface area contributed by atoms with E-state index in [9.17, 15) is 8.78 Å². The second-order valence-electron chi connectivity index (χ2n) is 4.78. The van der Waals surface area contributed by atoms with E-state index >= 15 is 0 Å². The van der Waals surface area contributed by atoms with E-state index < -0.39 is 0 Å². The van der Waals surface area contributed by atoms with Gasteiger partial charge in [0.25, 0.3) is 0 Å². The van der Waals surface area contributed by atoms with E-state index in [4.69, 9.17) is 0 Å². The van der Waals surface area contributed by atoms with Gasteiger partial charge in [0.2, 0.25) is 0 Å². The van der Waals surface area contributed by atoms with Crippen LogP contribution in [0.15, 0.2) is 18.2 Å². The van der Waals surface area contributed by atoms with Crippen LogP contribution in [0.3, 0.4) is 0 Å². The fraction of sp³-hybridized carbons (Fsp3) is 0.571. The van der Waals surface area contributed by atoms with Gasteiger partial charge in [0.1, 0.15) is 11.6 Å². The molecule has 0 saturated carbocycles. The third kappa shape index (κ3) is 3.19. The number of nitrogens with one attached hydrogen (secondary N) is 1. The molecule has 1 heterocycles. The van der Waals surface area contributed by atoms with Gasteiger partial charge in [0.15, 0.2) is 0 Å². The minimum absolute atomic E-state index is 0.335. The Labute approximate surface area is 107 Å². The van der Waals surface area contributed by atoms with Crippen LogP contribution in [-0.4, -0.2) is 25.7 Å². The summed E-state index contributed by atoms with van der Waals surface area (Å²) in [5.41, 5.74) is 0.395. The van der Waals surface area contributed by atoms with Gasteiger partial charge in [0, 0.05) is 25.2 Å². The highest BCUT2D eigenvalue weighted by molar-refractivity contribution is 5.48. The SMILES string of the molecule is CCC1CCN(c2cc(F)ccc2F)CCCN1. The van der Waals surface area contributed by atoms with Crippen LogP contribution < -0.4 is 10.2 Å². The van der Waals surface area contributed by atoms with Crippen molar-refractivity contribution in [1.29, 1.82) is 0 Å². The van der Waals surface area contributed by atoms with Crippen LogP contribution >= 0.6 is 0 Å². The van der Waals surface area contributed by atoms with Crippen molar-refractivity contribution < 1.29 is 8.78 Å². The molecular formula is C14H20F2N2. The van der Waals surface area contributed by atoms with Crippen molar-refractivity contribution >= 4 is 5.69 Å². The molecule has 1 fully saturated rings. The Bertz CT molecular complexity index is 395. The Morgan fingerprint density at radius 2 is 2.17 bits per heavy atom. The van der Waals surface area contributed by atoms with E-state index in [1.54, 1.807) is 0 Å². The van der Waals surface area contributed by atoms with E-state index in [2.05, 4.69) is 12.2 Å². The highest BCUT2D eigenvalue weighted by Gasteiger charge is 2.17. The van der Waals surface area contributed by atoms with Gasteiger partial charge in [-0.25, -0.2) is 8.78 Å². The first-order chi connectivity index (χ1) is 8.70. The van der Waals surface area contributed by atoms with Crippen molar-refractivity contribution in [3.63, 3.8) is 0 Å². The van der Waals surface area contributed by atoms with Crippen LogP contribution in [0, 0.1) is 11.6 Å². The molecule has 1 N–H and O–H groups in total. The fourth-order valence-corrected chi connectivity index (χ4v) is 2.42. The van der Waals surface area contributed by atoms with Crippen molar-refractivity contribution in [3.8, 4) is 0 Å². The summed E-state index contributed by atoms with van der Waals surface area (Å²) in [7, 11) is 0. The Kier molecular flexibility index (Phi) is 4.53. The van der Waals surface area contributed by atoms with Crippen molar-refractivity contribution in [2.24, 2.45) is 0 Å². The quantitative estimate of drug-likeness (QED) is 0.873. The van der Waals surface area contributed by atoms with Gasteiger partial charge in [0.05, 0.1) is 5.69 Å². The average Bonchev–Trinajstić information content (AvgIpc) is 2.33. The number of hydrogen-bond acceptors (Lipinski definition) is 2. The predicted octanol–water partition coefficient (Wildman–Crippen LogP) is 2.93. The van der Waals surface area contributed by atoms with E-state index in [1.807, 2.05) is 4.90 Å². The highest BCUT2D eigenvalue weighted by Crippen LogP contribution is 2.22. The first kappa shape index (κ1) is 13.3. The molecule has 1 atom stereocenters. The molecule has 1 unspecified atom stereocenters. The molecule has 1 aromatic rings. The van der Waals surface area contributed by atoms with E-state index in [0.717, 1.165) is 38.9 Å². The fourth-order valence-electron chi connectivity index (χ4n) is 2.42. The summed E-state index contributed by atoms with van der Waals surface area (Å²) in [5.74, 6) is -0.711. The molecule has 0 radical (unpaired) electrons. The van der Waals surface area contributed by atoms with Crippen molar-refractivity contribution in [2.45, 2.75) is 32.2 Å². The van der Waals surface area contributed by atoms with Gasteiger partial charge in [-0.15, -0.1) is 0 Å². The van der Waals surface area contributed by atoms with Crippen molar-refractivity contribution in [2.75, 3.05) is 24.5 Å². The Hall–Kier alpha value is -1.16. The van der Waals surface area contributed by atoms with E-state index in [-0.39, 0.29) is 11.6 Å². The molecule has 2 rings (SSSR count). The first-order valence-electron chi connectivity index (χ1n) is 6.64. The molecule has 1 aromatic carbocycles. The topological polar surface area (TPSA) is 15.3 Å². The van der Waals surface area contributed by atoms with Crippen molar-refractivity contribution in [1.82, 2.24) is 5.32 Å². The molecule has 0 amide bonds. The number of hydrogen-bond donors (Lipinski definition) is 1. The number of nitrogens with zero attached hydrogens (tertiary/aromatic N) is 1. The summed E-state index contributed by atoms with van der Waals surface area (Å²) in [5, 5.41) is 3.47. The molecule has 0 spiro atoms. The molecular weight excluding hydrogens is 234 g/mol. The molecule has 2 nitrogen and oxygen atoms in total. The summed E-state index contributed by atoms with van der Waals surface area (Å²) in [6.45, 7) is 4.62. The lowest BCUT2D eigenvalue weighted by Crippen LogP contribution is -2.39. The van der Waals surface area contributed by atoms with Gasteiger partial charge >= 0.3 is 0 Å². The van der Waals surface area contributed by atoms with Gasteiger partial charge < -0.3 is 10.2 Å². The van der Waals surface area contributed by atoms with Crippen LogP contribution in [0.5, 0.6) is 0 Å². The summed E-state index contributed by atoms with van der Waals surface area (Å²) in [6.07, 6.45) is 2.98. The minimum Gasteiger partial charge on any atom is -0.369 e. The third-order valence-corrected chi connectivity index (χ3v) is 3.53. The molecule has 18 heavy (non-hydrogen) atoms. The standard InChI is InChI=1S/C14H20F2N2/c1-2-12-6-9-18(8-3-7-17-12)14-10-11(15)4-5-13(14)16/h4-5,10,12,17H,2-3,6-9H2,1H3. The zero-order valence-corrected chi connectivity index (χ0v) is 10.8. The van der Waals surface area contributed by atoms with Crippen LogP contribution in [0.25, 0.3) is 0 Å². The lowest BCUT2D eigenvalue weighted by Gasteiger charge is -2.30. The molecule has 1 aliphatic rings. The molecule has 1 aliphatic heterocycles. The van der Waals surface area contributed by atoms with Crippen LogP contribution in [0.2, 0.25) is 0 Å². The molecule has 0 aliphatic carbocycles. The van der Waals surface area contributed by atoms with Crippen molar-refractivity contribution in [3.05, 3.63) is 29.8 Å². The molecule has 0 aromatic heterocycles. The zero-order chi connectivity index (χ0) is 13.0. The molecule has 100 valence electrons. The summed E-state index contributed by atoms with van der Waals surface area (Å²) < 4.78 is 27.0. The van der Waals surface area contributed by atoms with Gasteiger partial charge in [-0.05, 0) is 37.9 Å². The minimum atomic E-state index is -0.376. The first-order valence-corrected chi connectivity index (χ1v) is 6.64. The zero-order valence-electron chi connectivity index (χ0n) is 10.8. The van der Waals surface area contributed by atoms with Crippen LogP contribution in [0.4, 0.5) is 14.5 Å². The van der Waals surface area contributed by atoms with Crippen LogP contribution in [-0.2, 0) is 0 Å². The monoisotopic (exact) mass is 254 g/mol. The lowest BCUT2D eigenvalue weighted by atomic mass is 10.1. The highest BCUT2D eigenvalue weighted by atomic mass is 19.1. The number of anilines is 1. The van der Waals surface area contributed by atoms with Gasteiger partial charge in [-0.2, -0.15) is 0 Å². The molecule has 4 heteroatoms. The third-order valence-electron chi connectivity index (χ3n) is 3.53. The Morgan fingerprint density at radius 1 is 1.33 bits per heavy atom. The number of halogens is 2. The summed E-state index contributed by atoms with van der Waals surface area (Å²) in [4.78, 5) is 1.96. The smallest absolute Gasteiger partial charge is 0.146 e. The van der Waals surface area contributed by atoms with E-state index in [0.29, 0.717) is 11.7 Å². The Balaban J connectivity index is 2.12.